The molecule has 41 heavy (non-hydrogen) atoms. The highest BCUT2D eigenvalue weighted by Gasteiger charge is 2.57. The number of benzene rings is 2. The largest absolute Gasteiger partial charge is 0.496 e. The molecule has 206 valence electrons. The number of amides is 2. The lowest BCUT2D eigenvalue weighted by Gasteiger charge is -2.26. The van der Waals surface area contributed by atoms with Crippen LogP contribution in [0.4, 0.5) is 15.8 Å². The van der Waals surface area contributed by atoms with Crippen molar-refractivity contribution in [3.8, 4) is 28.8 Å². The summed E-state index contributed by atoms with van der Waals surface area (Å²) in [6.07, 6.45) is 6.56. The summed E-state index contributed by atoms with van der Waals surface area (Å²) >= 11 is 6.61. The molecule has 1 aliphatic rings. The number of hydrogen-bond donors (Lipinski definition) is 1. The molecule has 0 aliphatic heterocycles. The number of fused-ring (bicyclic) bond motifs is 1. The van der Waals surface area contributed by atoms with Gasteiger partial charge in [-0.15, -0.1) is 0 Å². The Balaban J connectivity index is 1.38. The number of ether oxygens (including phenoxy) is 2. The van der Waals surface area contributed by atoms with Gasteiger partial charge in [-0.2, -0.15) is 0 Å². The lowest BCUT2D eigenvalue weighted by Crippen LogP contribution is -2.41. The second-order valence-electron chi connectivity index (χ2n) is 9.36. The summed E-state index contributed by atoms with van der Waals surface area (Å²) in [5.41, 5.74) is 5.97. The molecule has 5 aromatic rings. The summed E-state index contributed by atoms with van der Waals surface area (Å²) in [5, 5.41) is 0.696. The molecule has 2 amide bonds. The van der Waals surface area contributed by atoms with Gasteiger partial charge in [-0.25, -0.2) is 14.4 Å². The third-order valence-corrected chi connectivity index (χ3v) is 7.13. The van der Waals surface area contributed by atoms with Crippen molar-refractivity contribution in [3.63, 3.8) is 0 Å². The number of nitrogens with zero attached hydrogens (tertiary/aromatic N) is 4. The summed E-state index contributed by atoms with van der Waals surface area (Å²) in [5.74, 6) is -0.432. The zero-order valence-corrected chi connectivity index (χ0v) is 22.3. The molecule has 10 nitrogen and oxygen atoms in total. The number of primary amides is 1. The third kappa shape index (κ3) is 4.70. The average molecular weight is 574 g/mol. The topological polar surface area (TPSA) is 134 Å². The van der Waals surface area contributed by atoms with Gasteiger partial charge in [-0.05, 0) is 55.3 Å². The number of aromatic nitrogens is 3. The minimum Gasteiger partial charge on any atom is -0.496 e. The van der Waals surface area contributed by atoms with Crippen LogP contribution >= 0.6 is 11.6 Å². The fraction of sp³-hybridized carbons (Fsp3) is 0.138. The van der Waals surface area contributed by atoms with Crippen LogP contribution in [0.25, 0.3) is 22.4 Å². The molecule has 3 heterocycles. The van der Waals surface area contributed by atoms with Gasteiger partial charge in [0, 0.05) is 23.3 Å². The number of oxazole rings is 1. The number of hydrogen-bond acceptors (Lipinski definition) is 8. The molecule has 1 aliphatic carbocycles. The molecule has 0 saturated heterocycles. The molecule has 6 rings (SSSR count). The van der Waals surface area contributed by atoms with Crippen LogP contribution in [0.3, 0.4) is 0 Å². The van der Waals surface area contributed by atoms with Gasteiger partial charge in [-0.3, -0.25) is 19.5 Å². The molecule has 0 radical (unpaired) electrons. The van der Waals surface area contributed by atoms with Crippen LogP contribution < -0.4 is 20.1 Å². The Bertz CT molecular complexity index is 1790. The first-order chi connectivity index (χ1) is 19.8. The normalized spacial score (nSPS) is 13.5. The van der Waals surface area contributed by atoms with Gasteiger partial charge in [0.25, 0.3) is 0 Å². The molecule has 2 N–H and O–H groups in total. The monoisotopic (exact) mass is 573 g/mol. The number of anilines is 2. The fourth-order valence-electron chi connectivity index (χ4n) is 4.52. The smallest absolute Gasteiger partial charge is 0.247 e. The Morgan fingerprint density at radius 1 is 1.02 bits per heavy atom. The zero-order valence-electron chi connectivity index (χ0n) is 21.5. The first-order valence-electron chi connectivity index (χ1n) is 12.4. The quantitative estimate of drug-likeness (QED) is 0.230. The van der Waals surface area contributed by atoms with Crippen LogP contribution in [0.1, 0.15) is 12.8 Å². The van der Waals surface area contributed by atoms with Gasteiger partial charge in [0.2, 0.25) is 23.6 Å². The van der Waals surface area contributed by atoms with Gasteiger partial charge in [-0.1, -0.05) is 11.6 Å². The van der Waals surface area contributed by atoms with E-state index in [4.69, 9.17) is 31.2 Å². The summed E-state index contributed by atoms with van der Waals surface area (Å²) in [6, 6.07) is 11.9. The Morgan fingerprint density at radius 2 is 1.80 bits per heavy atom. The van der Waals surface area contributed by atoms with E-state index in [9.17, 15) is 14.0 Å². The number of pyridine rings is 2. The molecule has 0 unspecified atom stereocenters. The number of carbonyl (C=O) groups is 2. The third-order valence-electron chi connectivity index (χ3n) is 6.86. The maximum absolute atomic E-state index is 13.7. The molecule has 1 fully saturated rings. The second-order valence-corrected chi connectivity index (χ2v) is 9.77. The van der Waals surface area contributed by atoms with Gasteiger partial charge in [0.1, 0.15) is 34.0 Å². The summed E-state index contributed by atoms with van der Waals surface area (Å²) in [7, 11) is 1.54. The Hall–Kier alpha value is -5.03. The first-order valence-corrected chi connectivity index (χ1v) is 12.8. The highest BCUT2D eigenvalue weighted by atomic mass is 35.5. The van der Waals surface area contributed by atoms with Crippen LogP contribution in [0.5, 0.6) is 17.4 Å². The summed E-state index contributed by atoms with van der Waals surface area (Å²) < 4.78 is 30.7. The van der Waals surface area contributed by atoms with Crippen LogP contribution in [-0.2, 0) is 9.59 Å². The number of halogens is 2. The molecule has 0 spiro atoms. The van der Waals surface area contributed by atoms with E-state index in [2.05, 4.69) is 15.0 Å². The van der Waals surface area contributed by atoms with Crippen molar-refractivity contribution >= 4 is 45.7 Å². The predicted octanol–water partition coefficient (Wildman–Crippen LogP) is 5.81. The van der Waals surface area contributed by atoms with Crippen LogP contribution in [0, 0.1) is 11.2 Å². The van der Waals surface area contributed by atoms with Crippen molar-refractivity contribution in [1.29, 1.82) is 0 Å². The lowest BCUT2D eigenvalue weighted by atomic mass is 10.0. The number of carbonyl (C=O) groups excluding carboxylic acids is 2. The maximum Gasteiger partial charge on any atom is 0.247 e. The number of methoxy groups -OCH3 is 1. The van der Waals surface area contributed by atoms with E-state index in [0.717, 1.165) is 0 Å². The van der Waals surface area contributed by atoms with Crippen molar-refractivity contribution in [2.24, 2.45) is 11.1 Å². The number of rotatable bonds is 8. The van der Waals surface area contributed by atoms with Crippen LogP contribution in [0.15, 0.2) is 77.8 Å². The van der Waals surface area contributed by atoms with E-state index in [1.165, 1.54) is 61.0 Å². The Labute approximate surface area is 237 Å². The molecule has 1 saturated carbocycles. The molecular weight excluding hydrogens is 553 g/mol. The van der Waals surface area contributed by atoms with E-state index >= 15 is 0 Å². The molecular formula is C29H21ClFN5O5. The van der Waals surface area contributed by atoms with Gasteiger partial charge >= 0.3 is 0 Å². The van der Waals surface area contributed by atoms with Crippen molar-refractivity contribution in [2.45, 2.75) is 12.8 Å². The molecule has 0 bridgehead atoms. The van der Waals surface area contributed by atoms with E-state index in [-0.39, 0.29) is 16.6 Å². The minimum atomic E-state index is -1.34. The lowest BCUT2D eigenvalue weighted by molar-refractivity contribution is -0.133. The average Bonchev–Trinajstić information content (AvgIpc) is 3.62. The van der Waals surface area contributed by atoms with E-state index < -0.39 is 23.0 Å². The van der Waals surface area contributed by atoms with E-state index in [0.29, 0.717) is 52.4 Å². The fourth-order valence-corrected chi connectivity index (χ4v) is 4.72. The van der Waals surface area contributed by atoms with Gasteiger partial charge < -0.3 is 19.6 Å². The van der Waals surface area contributed by atoms with E-state index in [1.54, 1.807) is 24.4 Å². The highest BCUT2D eigenvalue weighted by molar-refractivity contribution is 6.32. The Morgan fingerprint density at radius 3 is 2.44 bits per heavy atom. The molecule has 2 aromatic carbocycles. The molecule has 3 aromatic heterocycles. The minimum absolute atomic E-state index is 0.0546. The van der Waals surface area contributed by atoms with Gasteiger partial charge in [0.15, 0.2) is 0 Å². The second kappa shape index (κ2) is 10.2. The number of nitrogens with two attached hydrogens (primary N) is 1. The summed E-state index contributed by atoms with van der Waals surface area (Å²) in [4.78, 5) is 40.0. The maximum atomic E-state index is 13.7. The SMILES string of the molecule is COc1cc2nccc(Oc3ncc(N(C(=O)C4(C(N)=O)CC4)c4ccc(F)cc4)cc3Cl)c2cc1-c1ncco1. The van der Waals surface area contributed by atoms with Gasteiger partial charge in [0.05, 0.1) is 36.3 Å². The van der Waals surface area contributed by atoms with Crippen LogP contribution in [-0.4, -0.2) is 33.9 Å². The van der Waals surface area contributed by atoms with E-state index in [1.807, 2.05) is 0 Å². The standard InChI is InChI=1S/C29H21ClFN5O5/c1-39-24-14-22-19(13-20(24)25-34-10-11-40-25)23(6-9-33-22)41-26-21(30)12-18(15-35-26)36(17-4-2-16(31)3-5-17)28(38)29(7-8-29)27(32)37/h2-6,9-15H,7-8H2,1H3,(H2,32,37). The highest BCUT2D eigenvalue weighted by Crippen LogP contribution is 2.49. The zero-order chi connectivity index (χ0) is 28.7. The predicted molar refractivity (Wildman–Crippen MR) is 148 cm³/mol. The van der Waals surface area contributed by atoms with Crippen molar-refractivity contribution < 1.29 is 27.9 Å². The van der Waals surface area contributed by atoms with Crippen molar-refractivity contribution in [1.82, 2.24) is 15.0 Å². The molecule has 12 heteroatoms. The van der Waals surface area contributed by atoms with Crippen molar-refractivity contribution in [3.05, 3.63) is 84.2 Å². The van der Waals surface area contributed by atoms with Crippen molar-refractivity contribution in [2.75, 3.05) is 12.0 Å². The first kappa shape index (κ1) is 26.2. The Kier molecular flexibility index (Phi) is 6.50. The molecule has 0 atom stereocenters. The van der Waals surface area contributed by atoms with Crippen LogP contribution in [0.2, 0.25) is 5.02 Å². The summed E-state index contributed by atoms with van der Waals surface area (Å²) in [6.45, 7) is 0.